The maximum atomic E-state index is 12.5. The highest BCUT2D eigenvalue weighted by molar-refractivity contribution is 5.83. The molecule has 3 rings (SSSR count). The van der Waals surface area contributed by atoms with Crippen molar-refractivity contribution < 1.29 is 4.79 Å². The predicted octanol–water partition coefficient (Wildman–Crippen LogP) is 3.90. The molecule has 23 heavy (non-hydrogen) atoms. The van der Waals surface area contributed by atoms with Crippen LogP contribution >= 0.6 is 0 Å². The quantitative estimate of drug-likeness (QED) is 0.854. The third-order valence-electron chi connectivity index (χ3n) is 5.09. The highest BCUT2D eigenvalue weighted by Crippen LogP contribution is 2.45. The normalized spacial score (nSPS) is 20.7. The Morgan fingerprint density at radius 2 is 1.48 bits per heavy atom. The number of hydrogen-bond donors (Lipinski definition) is 0. The number of carbonyl (C=O) groups excluding carboxylic acids is 1. The van der Waals surface area contributed by atoms with Gasteiger partial charge in [-0.1, -0.05) is 60.7 Å². The van der Waals surface area contributed by atoms with E-state index in [9.17, 15) is 4.79 Å². The number of rotatable bonds is 4. The first-order valence-electron chi connectivity index (χ1n) is 8.40. The van der Waals surface area contributed by atoms with Crippen molar-refractivity contribution >= 4 is 5.78 Å². The van der Waals surface area contributed by atoms with Crippen LogP contribution in [0.1, 0.15) is 30.4 Å². The summed E-state index contributed by atoms with van der Waals surface area (Å²) < 4.78 is 0. The molecule has 0 radical (unpaired) electrons. The third kappa shape index (κ3) is 3.23. The van der Waals surface area contributed by atoms with Gasteiger partial charge >= 0.3 is 0 Å². The molecular weight excluding hydrogens is 282 g/mol. The van der Waals surface area contributed by atoms with Crippen molar-refractivity contribution in [2.75, 3.05) is 20.6 Å². The molecule has 2 heteroatoms. The van der Waals surface area contributed by atoms with Gasteiger partial charge in [-0.3, -0.25) is 4.79 Å². The Kier molecular flexibility index (Phi) is 4.63. The molecule has 0 spiro atoms. The summed E-state index contributed by atoms with van der Waals surface area (Å²) >= 11 is 0. The largest absolute Gasteiger partial charge is 0.309 e. The Balaban J connectivity index is 2.05. The summed E-state index contributed by atoms with van der Waals surface area (Å²) in [6.45, 7) is 0.834. The number of Topliss-reactive ketones (excluding diaryl/α,β-unsaturated/α-hetero) is 1. The zero-order chi connectivity index (χ0) is 16.3. The second-order valence-corrected chi connectivity index (χ2v) is 6.94. The summed E-state index contributed by atoms with van der Waals surface area (Å²) in [4.78, 5) is 14.6. The molecule has 2 aromatic carbocycles. The van der Waals surface area contributed by atoms with E-state index in [0.717, 1.165) is 19.4 Å². The average molecular weight is 307 g/mol. The van der Waals surface area contributed by atoms with E-state index >= 15 is 0 Å². The maximum Gasteiger partial charge on any atom is 0.137 e. The van der Waals surface area contributed by atoms with E-state index in [1.807, 2.05) is 0 Å². The fourth-order valence-electron chi connectivity index (χ4n) is 3.99. The zero-order valence-electron chi connectivity index (χ0n) is 14.0. The first kappa shape index (κ1) is 15.9. The molecule has 0 aliphatic heterocycles. The fourth-order valence-corrected chi connectivity index (χ4v) is 3.99. The van der Waals surface area contributed by atoms with E-state index in [-0.39, 0.29) is 11.3 Å². The van der Waals surface area contributed by atoms with Gasteiger partial charge in [-0.25, -0.2) is 0 Å². The van der Waals surface area contributed by atoms with Gasteiger partial charge < -0.3 is 4.90 Å². The average Bonchev–Trinajstić information content (AvgIpc) is 2.58. The Bertz CT molecular complexity index is 609. The van der Waals surface area contributed by atoms with Crippen LogP contribution in [0.3, 0.4) is 0 Å². The van der Waals surface area contributed by atoms with Crippen LogP contribution < -0.4 is 0 Å². The molecule has 1 unspecified atom stereocenters. The van der Waals surface area contributed by atoms with Crippen molar-refractivity contribution in [3.8, 4) is 0 Å². The molecule has 1 aliphatic carbocycles. The lowest BCUT2D eigenvalue weighted by Gasteiger charge is -2.42. The lowest BCUT2D eigenvalue weighted by molar-refractivity contribution is -0.126. The molecule has 0 heterocycles. The monoisotopic (exact) mass is 307 g/mol. The minimum absolute atomic E-state index is 0.0445. The SMILES string of the molecule is CN(C)CC1CC(c2ccccc2)(c2ccccc2)CCC1=O. The van der Waals surface area contributed by atoms with Crippen LogP contribution in [0.15, 0.2) is 60.7 Å². The zero-order valence-corrected chi connectivity index (χ0v) is 14.0. The van der Waals surface area contributed by atoms with Gasteiger partial charge in [0.2, 0.25) is 0 Å². The number of carbonyl (C=O) groups is 1. The van der Waals surface area contributed by atoms with E-state index in [1.54, 1.807) is 0 Å². The van der Waals surface area contributed by atoms with Gasteiger partial charge in [-0.05, 0) is 38.1 Å². The first-order valence-corrected chi connectivity index (χ1v) is 8.40. The van der Waals surface area contributed by atoms with E-state index in [0.29, 0.717) is 12.2 Å². The van der Waals surface area contributed by atoms with Crippen molar-refractivity contribution in [1.29, 1.82) is 0 Å². The summed E-state index contributed by atoms with van der Waals surface area (Å²) in [6, 6.07) is 21.4. The number of benzene rings is 2. The van der Waals surface area contributed by atoms with Crippen molar-refractivity contribution in [1.82, 2.24) is 4.90 Å². The number of ketones is 1. The Morgan fingerprint density at radius 3 is 1.96 bits per heavy atom. The van der Waals surface area contributed by atoms with Crippen molar-refractivity contribution in [3.05, 3.63) is 71.8 Å². The van der Waals surface area contributed by atoms with Gasteiger partial charge in [0, 0.05) is 24.3 Å². The van der Waals surface area contributed by atoms with Gasteiger partial charge in [-0.2, -0.15) is 0 Å². The van der Waals surface area contributed by atoms with Crippen LogP contribution in [0.2, 0.25) is 0 Å². The molecule has 0 amide bonds. The van der Waals surface area contributed by atoms with E-state index in [4.69, 9.17) is 0 Å². The molecular formula is C21H25NO. The Labute approximate surface area is 139 Å². The summed E-state index contributed by atoms with van der Waals surface area (Å²) in [6.07, 6.45) is 2.48. The van der Waals surface area contributed by atoms with Crippen LogP contribution in [0.4, 0.5) is 0 Å². The summed E-state index contributed by atoms with van der Waals surface area (Å²) in [5.74, 6) is 0.528. The van der Waals surface area contributed by atoms with E-state index in [2.05, 4.69) is 79.7 Å². The van der Waals surface area contributed by atoms with Gasteiger partial charge in [0.1, 0.15) is 5.78 Å². The molecule has 1 atom stereocenters. The molecule has 2 aromatic rings. The van der Waals surface area contributed by atoms with Crippen molar-refractivity contribution in [3.63, 3.8) is 0 Å². The second-order valence-electron chi connectivity index (χ2n) is 6.94. The Hall–Kier alpha value is -1.93. The molecule has 1 aliphatic rings. The van der Waals surface area contributed by atoms with Crippen LogP contribution in [0, 0.1) is 5.92 Å². The molecule has 0 bridgehead atoms. The summed E-state index contributed by atoms with van der Waals surface area (Å²) in [5.41, 5.74) is 2.63. The van der Waals surface area contributed by atoms with Gasteiger partial charge in [0.15, 0.2) is 0 Å². The molecule has 0 N–H and O–H groups in total. The molecule has 2 nitrogen and oxygen atoms in total. The van der Waals surface area contributed by atoms with Crippen LogP contribution in [-0.4, -0.2) is 31.3 Å². The van der Waals surface area contributed by atoms with Gasteiger partial charge in [0.05, 0.1) is 0 Å². The standard InChI is InChI=1S/C21H25NO/c1-22(2)16-17-15-21(14-13-20(17)23,18-9-5-3-6-10-18)19-11-7-4-8-12-19/h3-12,17H,13-16H2,1-2H3. The van der Waals surface area contributed by atoms with Crippen LogP contribution in [-0.2, 0) is 10.2 Å². The van der Waals surface area contributed by atoms with Gasteiger partial charge in [0.25, 0.3) is 0 Å². The topological polar surface area (TPSA) is 20.3 Å². The maximum absolute atomic E-state index is 12.5. The molecule has 0 saturated heterocycles. The molecule has 1 saturated carbocycles. The van der Waals surface area contributed by atoms with Crippen molar-refractivity contribution in [2.24, 2.45) is 5.92 Å². The predicted molar refractivity (Wildman–Crippen MR) is 94.6 cm³/mol. The van der Waals surface area contributed by atoms with Crippen molar-refractivity contribution in [2.45, 2.75) is 24.7 Å². The minimum atomic E-state index is -0.0445. The Morgan fingerprint density at radius 1 is 0.957 bits per heavy atom. The molecule has 1 fully saturated rings. The smallest absolute Gasteiger partial charge is 0.137 e. The molecule has 0 aromatic heterocycles. The number of hydrogen-bond acceptors (Lipinski definition) is 2. The molecule has 120 valence electrons. The summed E-state index contributed by atoms with van der Waals surface area (Å²) in [7, 11) is 4.10. The highest BCUT2D eigenvalue weighted by atomic mass is 16.1. The van der Waals surface area contributed by atoms with Crippen LogP contribution in [0.25, 0.3) is 0 Å². The lowest BCUT2D eigenvalue weighted by Crippen LogP contribution is -2.42. The second kappa shape index (κ2) is 6.67. The first-order chi connectivity index (χ1) is 11.1. The van der Waals surface area contributed by atoms with E-state index in [1.165, 1.54) is 11.1 Å². The summed E-state index contributed by atoms with van der Waals surface area (Å²) in [5, 5.41) is 0. The fraction of sp³-hybridized carbons (Fsp3) is 0.381. The lowest BCUT2D eigenvalue weighted by atomic mass is 9.62. The van der Waals surface area contributed by atoms with E-state index < -0.39 is 0 Å². The minimum Gasteiger partial charge on any atom is -0.309 e. The van der Waals surface area contributed by atoms with Gasteiger partial charge in [-0.15, -0.1) is 0 Å². The van der Waals surface area contributed by atoms with Crippen LogP contribution in [0.5, 0.6) is 0 Å². The highest BCUT2D eigenvalue weighted by Gasteiger charge is 2.42. The third-order valence-corrected chi connectivity index (χ3v) is 5.09. The number of nitrogens with zero attached hydrogens (tertiary/aromatic N) is 1.